The molecule has 0 spiro atoms. The van der Waals surface area contributed by atoms with E-state index in [9.17, 15) is 14.3 Å². The summed E-state index contributed by atoms with van der Waals surface area (Å²) < 4.78 is 13.3. The molecule has 1 heterocycles. The van der Waals surface area contributed by atoms with Crippen LogP contribution in [0.2, 0.25) is 0 Å². The highest BCUT2D eigenvalue weighted by molar-refractivity contribution is 5.94. The Hall–Kier alpha value is -2.20. The molecule has 2 aromatic carbocycles. The molecule has 2 atom stereocenters. The normalized spacial score (nSPS) is 18.9. The number of carbonyl (C=O) groups excluding carboxylic acids is 1. The lowest BCUT2D eigenvalue weighted by Gasteiger charge is -2.27. The van der Waals surface area contributed by atoms with E-state index in [4.69, 9.17) is 0 Å². The summed E-state index contributed by atoms with van der Waals surface area (Å²) in [6, 6.07) is 15.2. The zero-order chi connectivity index (χ0) is 16.2. The smallest absolute Gasteiger partial charge is 0.254 e. The third kappa shape index (κ3) is 3.59. The maximum absolute atomic E-state index is 13.3. The van der Waals surface area contributed by atoms with Crippen LogP contribution in [-0.4, -0.2) is 28.5 Å². The van der Waals surface area contributed by atoms with Crippen molar-refractivity contribution in [1.29, 1.82) is 0 Å². The van der Waals surface area contributed by atoms with Crippen molar-refractivity contribution >= 4 is 5.91 Å². The van der Waals surface area contributed by atoms with Crippen molar-refractivity contribution in [3.05, 3.63) is 71.5 Å². The Kier molecular flexibility index (Phi) is 4.72. The largest absolute Gasteiger partial charge is 0.388 e. The topological polar surface area (TPSA) is 40.5 Å². The van der Waals surface area contributed by atoms with Gasteiger partial charge in [0.05, 0.1) is 6.10 Å². The average molecular weight is 313 g/mol. The molecule has 4 heteroatoms. The molecule has 1 amide bonds. The van der Waals surface area contributed by atoms with E-state index in [0.717, 1.165) is 18.4 Å². The first-order chi connectivity index (χ1) is 11.1. The van der Waals surface area contributed by atoms with Gasteiger partial charge in [-0.2, -0.15) is 0 Å². The van der Waals surface area contributed by atoms with Gasteiger partial charge in [0.15, 0.2) is 0 Å². The molecule has 1 saturated heterocycles. The molecule has 0 unspecified atom stereocenters. The van der Waals surface area contributed by atoms with Crippen LogP contribution in [0.1, 0.15) is 41.3 Å². The van der Waals surface area contributed by atoms with E-state index in [-0.39, 0.29) is 11.9 Å². The Labute approximate surface area is 135 Å². The van der Waals surface area contributed by atoms with Crippen molar-refractivity contribution in [2.45, 2.75) is 31.4 Å². The van der Waals surface area contributed by atoms with Crippen molar-refractivity contribution in [1.82, 2.24) is 4.90 Å². The molecule has 1 aliphatic heterocycles. The lowest BCUT2D eigenvalue weighted by Crippen LogP contribution is -2.36. The maximum Gasteiger partial charge on any atom is 0.254 e. The number of hydrogen-bond acceptors (Lipinski definition) is 2. The molecule has 3 nitrogen and oxygen atoms in total. The van der Waals surface area contributed by atoms with Crippen molar-refractivity contribution in [3.8, 4) is 0 Å². The average Bonchev–Trinajstić information content (AvgIpc) is 3.03. The van der Waals surface area contributed by atoms with Crippen LogP contribution in [0.25, 0.3) is 0 Å². The molecule has 0 radical (unpaired) electrons. The predicted molar refractivity (Wildman–Crippen MR) is 86.5 cm³/mol. The fraction of sp³-hybridized carbons (Fsp3) is 0.316. The number of hydrogen-bond donors (Lipinski definition) is 1. The highest BCUT2D eigenvalue weighted by atomic mass is 19.1. The number of aliphatic hydroxyl groups excluding tert-OH is 1. The van der Waals surface area contributed by atoms with Crippen molar-refractivity contribution in [2.24, 2.45) is 0 Å². The van der Waals surface area contributed by atoms with Gasteiger partial charge in [-0.15, -0.1) is 0 Å². The number of rotatable bonds is 4. The standard InChI is InChI=1S/C19H20FNO2/c20-16-9-4-8-15(12-16)19(23)21-11-5-10-17(21)13-18(22)14-6-2-1-3-7-14/h1-4,6-9,12,17-18,22H,5,10-11,13H2/t17-,18+/m1/s1. The van der Waals surface area contributed by atoms with Crippen LogP contribution < -0.4 is 0 Å². The summed E-state index contributed by atoms with van der Waals surface area (Å²) in [6.45, 7) is 0.654. The van der Waals surface area contributed by atoms with Crippen molar-refractivity contribution in [2.75, 3.05) is 6.54 Å². The summed E-state index contributed by atoms with van der Waals surface area (Å²) in [6.07, 6.45) is 1.69. The van der Waals surface area contributed by atoms with Gasteiger partial charge < -0.3 is 10.0 Å². The van der Waals surface area contributed by atoms with Crippen LogP contribution in [0, 0.1) is 5.82 Å². The summed E-state index contributed by atoms with van der Waals surface area (Å²) in [7, 11) is 0. The molecule has 120 valence electrons. The SMILES string of the molecule is O=C(c1cccc(F)c1)N1CCC[C@@H]1C[C@H](O)c1ccccc1. The van der Waals surface area contributed by atoms with Gasteiger partial charge in [-0.25, -0.2) is 4.39 Å². The number of halogens is 1. The fourth-order valence-corrected chi connectivity index (χ4v) is 3.20. The second kappa shape index (κ2) is 6.92. The number of likely N-dealkylation sites (tertiary alicyclic amines) is 1. The van der Waals surface area contributed by atoms with Crippen LogP contribution in [0.15, 0.2) is 54.6 Å². The third-order valence-corrected chi connectivity index (χ3v) is 4.39. The van der Waals surface area contributed by atoms with E-state index < -0.39 is 11.9 Å². The first-order valence-electron chi connectivity index (χ1n) is 7.94. The Balaban J connectivity index is 1.71. The van der Waals surface area contributed by atoms with Gasteiger partial charge in [-0.05, 0) is 43.0 Å². The number of nitrogens with zero attached hydrogens (tertiary/aromatic N) is 1. The van der Waals surface area contributed by atoms with E-state index in [1.165, 1.54) is 12.1 Å². The molecule has 23 heavy (non-hydrogen) atoms. The van der Waals surface area contributed by atoms with Gasteiger partial charge >= 0.3 is 0 Å². The maximum atomic E-state index is 13.3. The molecule has 2 aromatic rings. The van der Waals surface area contributed by atoms with Gasteiger partial charge in [-0.3, -0.25) is 4.79 Å². The number of benzene rings is 2. The van der Waals surface area contributed by atoms with Crippen LogP contribution >= 0.6 is 0 Å². The molecule has 0 aromatic heterocycles. The third-order valence-electron chi connectivity index (χ3n) is 4.39. The van der Waals surface area contributed by atoms with Crippen LogP contribution in [-0.2, 0) is 0 Å². The predicted octanol–water partition coefficient (Wildman–Crippen LogP) is 3.55. The van der Waals surface area contributed by atoms with E-state index in [1.54, 1.807) is 17.0 Å². The highest BCUT2D eigenvalue weighted by Gasteiger charge is 2.31. The van der Waals surface area contributed by atoms with Gasteiger partial charge in [0.1, 0.15) is 5.82 Å². The van der Waals surface area contributed by atoms with Crippen molar-refractivity contribution < 1.29 is 14.3 Å². The van der Waals surface area contributed by atoms with E-state index in [0.29, 0.717) is 18.5 Å². The van der Waals surface area contributed by atoms with E-state index in [1.807, 2.05) is 30.3 Å². The molecular weight excluding hydrogens is 293 g/mol. The Morgan fingerprint density at radius 2 is 2.00 bits per heavy atom. The number of carbonyl (C=O) groups is 1. The lowest BCUT2D eigenvalue weighted by molar-refractivity contribution is 0.0666. The second-order valence-corrected chi connectivity index (χ2v) is 5.97. The molecule has 0 aliphatic carbocycles. The molecule has 1 N–H and O–H groups in total. The molecule has 3 rings (SSSR count). The Morgan fingerprint density at radius 1 is 1.22 bits per heavy atom. The zero-order valence-electron chi connectivity index (χ0n) is 12.9. The van der Waals surface area contributed by atoms with Crippen LogP contribution in [0.5, 0.6) is 0 Å². The Bertz CT molecular complexity index is 674. The summed E-state index contributed by atoms with van der Waals surface area (Å²) in [5, 5.41) is 10.4. The summed E-state index contributed by atoms with van der Waals surface area (Å²) in [5.74, 6) is -0.567. The van der Waals surface area contributed by atoms with Crippen molar-refractivity contribution in [3.63, 3.8) is 0 Å². The van der Waals surface area contributed by atoms with E-state index >= 15 is 0 Å². The van der Waals surface area contributed by atoms with Gasteiger partial charge in [-0.1, -0.05) is 36.4 Å². The van der Waals surface area contributed by atoms with Gasteiger partial charge in [0.25, 0.3) is 5.91 Å². The summed E-state index contributed by atoms with van der Waals surface area (Å²) >= 11 is 0. The Morgan fingerprint density at radius 3 is 2.74 bits per heavy atom. The van der Waals surface area contributed by atoms with Crippen LogP contribution in [0.3, 0.4) is 0 Å². The van der Waals surface area contributed by atoms with Gasteiger partial charge in [0, 0.05) is 18.2 Å². The lowest BCUT2D eigenvalue weighted by atomic mass is 10.00. The minimum absolute atomic E-state index is 0.0130. The number of amides is 1. The summed E-state index contributed by atoms with van der Waals surface area (Å²) in [4.78, 5) is 14.4. The quantitative estimate of drug-likeness (QED) is 0.937. The fourth-order valence-electron chi connectivity index (χ4n) is 3.20. The molecule has 1 aliphatic rings. The van der Waals surface area contributed by atoms with E-state index in [2.05, 4.69) is 0 Å². The summed E-state index contributed by atoms with van der Waals surface area (Å²) in [5.41, 5.74) is 1.23. The molecular formula is C19H20FNO2. The minimum atomic E-state index is -0.595. The molecule has 1 fully saturated rings. The van der Waals surface area contributed by atoms with Crippen LogP contribution in [0.4, 0.5) is 4.39 Å². The molecule has 0 bridgehead atoms. The monoisotopic (exact) mass is 313 g/mol. The highest BCUT2D eigenvalue weighted by Crippen LogP contribution is 2.28. The number of aliphatic hydroxyl groups is 1. The van der Waals surface area contributed by atoms with Gasteiger partial charge in [0.2, 0.25) is 0 Å². The zero-order valence-corrected chi connectivity index (χ0v) is 12.9. The second-order valence-electron chi connectivity index (χ2n) is 5.97. The first kappa shape index (κ1) is 15.7. The first-order valence-corrected chi connectivity index (χ1v) is 7.94. The minimum Gasteiger partial charge on any atom is -0.388 e. The molecule has 0 saturated carbocycles.